The fourth-order valence-corrected chi connectivity index (χ4v) is 5.56. The molecule has 1 aliphatic heterocycles. The Kier molecular flexibility index (Phi) is 8.00. The fraction of sp³-hybridized carbons (Fsp3) is 0.552. The highest BCUT2D eigenvalue weighted by molar-refractivity contribution is 5.79. The average molecular weight is 482 g/mol. The van der Waals surface area contributed by atoms with Gasteiger partial charge < -0.3 is 19.4 Å². The van der Waals surface area contributed by atoms with Crippen LogP contribution in [0.5, 0.6) is 5.75 Å². The average Bonchev–Trinajstić information content (AvgIpc) is 2.86. The summed E-state index contributed by atoms with van der Waals surface area (Å²) in [4.78, 5) is 19.8. The van der Waals surface area contributed by atoms with Crippen LogP contribution in [0, 0.1) is 31.5 Å². The summed E-state index contributed by atoms with van der Waals surface area (Å²) in [6, 6.07) is 8.82. The summed E-state index contributed by atoms with van der Waals surface area (Å²) in [5.74, 6) is 1.38. The Morgan fingerprint density at radius 3 is 2.46 bits per heavy atom. The molecule has 4 rings (SSSR count). The van der Waals surface area contributed by atoms with E-state index in [2.05, 4.69) is 50.7 Å². The molecule has 1 amide bonds. The second kappa shape index (κ2) is 11.0. The van der Waals surface area contributed by atoms with Crippen LogP contribution in [-0.4, -0.2) is 69.1 Å². The molecule has 0 bridgehead atoms. The van der Waals surface area contributed by atoms with Crippen LogP contribution in [-0.2, 0) is 17.6 Å². The molecule has 2 aliphatic rings. The molecular formula is C29H40FN3O2. The molecule has 1 fully saturated rings. The van der Waals surface area contributed by atoms with Crippen LogP contribution >= 0.6 is 0 Å². The first-order chi connectivity index (χ1) is 16.7. The maximum atomic E-state index is 13.4. The van der Waals surface area contributed by atoms with Gasteiger partial charge in [0.1, 0.15) is 18.2 Å². The van der Waals surface area contributed by atoms with Crippen molar-refractivity contribution in [3.63, 3.8) is 0 Å². The molecule has 2 unspecified atom stereocenters. The number of aryl methyl sites for hydroxylation is 1. The molecule has 5 nitrogen and oxygen atoms in total. The van der Waals surface area contributed by atoms with Gasteiger partial charge in [-0.2, -0.15) is 0 Å². The maximum absolute atomic E-state index is 13.4. The second-order valence-corrected chi connectivity index (χ2v) is 10.5. The second-order valence-electron chi connectivity index (χ2n) is 10.5. The van der Waals surface area contributed by atoms with Gasteiger partial charge >= 0.3 is 0 Å². The third-order valence-corrected chi connectivity index (χ3v) is 7.92. The molecule has 0 radical (unpaired) electrons. The van der Waals surface area contributed by atoms with E-state index in [0.717, 1.165) is 50.3 Å². The third-order valence-electron chi connectivity index (χ3n) is 7.92. The fourth-order valence-electron chi connectivity index (χ4n) is 5.56. The Morgan fingerprint density at radius 1 is 1.11 bits per heavy atom. The summed E-state index contributed by atoms with van der Waals surface area (Å²) in [6.45, 7) is 11.0. The lowest BCUT2D eigenvalue weighted by atomic mass is 9.74. The van der Waals surface area contributed by atoms with Crippen molar-refractivity contribution < 1.29 is 13.9 Å². The van der Waals surface area contributed by atoms with Gasteiger partial charge in [0.2, 0.25) is 5.91 Å². The number of fused-ring (bicyclic) bond motifs is 1. The summed E-state index contributed by atoms with van der Waals surface area (Å²) < 4.78 is 19.4. The standard InChI is InChI=1S/C29H40FN3O2/c1-20-18-28(35-17-16-31(4)5)22(3)27-19-23(6-11-26(20)27)21(2)29(34)33-14-12-32(13-15-33)25-9-7-24(30)8-10-25/h7-10,18,21,23H,6,11-17,19H2,1-5H3. The van der Waals surface area contributed by atoms with Crippen LogP contribution in [0.15, 0.2) is 30.3 Å². The van der Waals surface area contributed by atoms with Crippen molar-refractivity contribution >= 4 is 11.6 Å². The number of anilines is 1. The zero-order chi connectivity index (χ0) is 25.1. The third kappa shape index (κ3) is 5.80. The summed E-state index contributed by atoms with van der Waals surface area (Å²) in [5.41, 5.74) is 6.40. The van der Waals surface area contributed by atoms with Gasteiger partial charge in [0.15, 0.2) is 0 Å². The number of hydrogen-bond donors (Lipinski definition) is 0. The molecule has 1 heterocycles. The van der Waals surface area contributed by atoms with E-state index in [4.69, 9.17) is 4.74 Å². The van der Waals surface area contributed by atoms with Gasteiger partial charge in [0.05, 0.1) is 0 Å². The zero-order valence-electron chi connectivity index (χ0n) is 21.9. The van der Waals surface area contributed by atoms with Crippen molar-refractivity contribution in [1.29, 1.82) is 0 Å². The highest BCUT2D eigenvalue weighted by Gasteiger charge is 2.33. The number of halogens is 1. The van der Waals surface area contributed by atoms with E-state index in [1.807, 2.05) is 17.0 Å². The molecule has 35 heavy (non-hydrogen) atoms. The topological polar surface area (TPSA) is 36.0 Å². The molecule has 0 N–H and O–H groups in total. The number of likely N-dealkylation sites (N-methyl/N-ethyl adjacent to an activating group) is 1. The van der Waals surface area contributed by atoms with E-state index in [1.165, 1.54) is 34.4 Å². The number of benzene rings is 2. The lowest BCUT2D eigenvalue weighted by molar-refractivity contribution is -0.137. The van der Waals surface area contributed by atoms with Crippen molar-refractivity contribution in [1.82, 2.24) is 9.80 Å². The normalized spacial score (nSPS) is 19.0. The quantitative estimate of drug-likeness (QED) is 0.585. The van der Waals surface area contributed by atoms with E-state index >= 15 is 0 Å². The first-order valence-corrected chi connectivity index (χ1v) is 12.9. The lowest BCUT2D eigenvalue weighted by Gasteiger charge is -2.39. The predicted molar refractivity (Wildman–Crippen MR) is 140 cm³/mol. The molecule has 2 atom stereocenters. The molecule has 0 aromatic heterocycles. The van der Waals surface area contributed by atoms with Gasteiger partial charge in [-0.1, -0.05) is 6.92 Å². The molecular weight excluding hydrogens is 441 g/mol. The summed E-state index contributed by atoms with van der Waals surface area (Å²) in [6.07, 6.45) is 3.02. The Hall–Kier alpha value is -2.60. The van der Waals surface area contributed by atoms with Crippen molar-refractivity contribution in [3.8, 4) is 5.75 Å². The summed E-state index contributed by atoms with van der Waals surface area (Å²) >= 11 is 0. The van der Waals surface area contributed by atoms with Crippen LogP contribution < -0.4 is 9.64 Å². The van der Waals surface area contributed by atoms with Gasteiger partial charge in [0, 0.05) is 44.3 Å². The van der Waals surface area contributed by atoms with Gasteiger partial charge in [-0.3, -0.25) is 4.79 Å². The number of piperazine rings is 1. The molecule has 0 spiro atoms. The minimum absolute atomic E-state index is 0.00135. The Morgan fingerprint density at radius 2 is 1.80 bits per heavy atom. The molecule has 190 valence electrons. The Bertz CT molecular complexity index is 1030. The number of ether oxygens (including phenoxy) is 1. The minimum atomic E-state index is -0.219. The van der Waals surface area contributed by atoms with Crippen molar-refractivity contribution in [2.75, 3.05) is 58.3 Å². The van der Waals surface area contributed by atoms with Crippen LogP contribution in [0.4, 0.5) is 10.1 Å². The van der Waals surface area contributed by atoms with E-state index in [1.54, 1.807) is 0 Å². The van der Waals surface area contributed by atoms with Gasteiger partial charge in [-0.15, -0.1) is 0 Å². The Balaban J connectivity index is 1.39. The van der Waals surface area contributed by atoms with Crippen molar-refractivity contribution in [2.45, 2.75) is 40.0 Å². The molecule has 2 aromatic carbocycles. The monoisotopic (exact) mass is 481 g/mol. The number of amides is 1. The zero-order valence-corrected chi connectivity index (χ0v) is 21.9. The minimum Gasteiger partial charge on any atom is -0.492 e. The number of carbonyl (C=O) groups is 1. The van der Waals surface area contributed by atoms with Crippen LogP contribution in [0.25, 0.3) is 0 Å². The van der Waals surface area contributed by atoms with Crippen molar-refractivity contribution in [3.05, 3.63) is 58.4 Å². The number of nitrogens with zero attached hydrogens (tertiary/aromatic N) is 3. The van der Waals surface area contributed by atoms with Gasteiger partial charge in [0.25, 0.3) is 0 Å². The van der Waals surface area contributed by atoms with Crippen LogP contribution in [0.1, 0.15) is 35.6 Å². The largest absolute Gasteiger partial charge is 0.492 e. The number of rotatable bonds is 7. The lowest BCUT2D eigenvalue weighted by Crippen LogP contribution is -2.51. The maximum Gasteiger partial charge on any atom is 0.225 e. The summed E-state index contributed by atoms with van der Waals surface area (Å²) in [5, 5.41) is 0. The molecule has 2 aromatic rings. The van der Waals surface area contributed by atoms with E-state index in [9.17, 15) is 9.18 Å². The molecule has 1 saturated heterocycles. The molecule has 0 saturated carbocycles. The van der Waals surface area contributed by atoms with Crippen molar-refractivity contribution in [2.24, 2.45) is 11.8 Å². The molecule has 1 aliphatic carbocycles. The van der Waals surface area contributed by atoms with Crippen LogP contribution in [0.3, 0.4) is 0 Å². The number of hydrogen-bond acceptors (Lipinski definition) is 4. The highest BCUT2D eigenvalue weighted by Crippen LogP contribution is 2.38. The highest BCUT2D eigenvalue weighted by atomic mass is 19.1. The first-order valence-electron chi connectivity index (χ1n) is 12.9. The summed E-state index contributed by atoms with van der Waals surface area (Å²) in [7, 11) is 4.11. The number of carbonyl (C=O) groups excluding carboxylic acids is 1. The SMILES string of the molecule is Cc1cc(OCCN(C)C)c(C)c2c1CCC(C(C)C(=O)N1CCN(c3ccc(F)cc3)CC1)C2. The van der Waals surface area contributed by atoms with Gasteiger partial charge in [-0.05, 0) is 106 Å². The van der Waals surface area contributed by atoms with Gasteiger partial charge in [-0.25, -0.2) is 4.39 Å². The van der Waals surface area contributed by atoms with E-state index in [-0.39, 0.29) is 17.6 Å². The first kappa shape index (κ1) is 25.5. The smallest absolute Gasteiger partial charge is 0.225 e. The Labute approximate surface area is 209 Å². The predicted octanol–water partition coefficient (Wildman–Crippen LogP) is 4.47. The molecule has 6 heteroatoms. The van der Waals surface area contributed by atoms with Crippen LogP contribution in [0.2, 0.25) is 0 Å². The van der Waals surface area contributed by atoms with E-state index < -0.39 is 0 Å². The van der Waals surface area contributed by atoms with E-state index in [0.29, 0.717) is 25.6 Å².